The summed E-state index contributed by atoms with van der Waals surface area (Å²) in [7, 11) is 0. The predicted molar refractivity (Wildman–Crippen MR) is 115 cm³/mol. The van der Waals surface area contributed by atoms with Gasteiger partial charge < -0.3 is 14.7 Å². The summed E-state index contributed by atoms with van der Waals surface area (Å²) in [5.74, 6) is -1.45. The molecule has 6 nitrogen and oxygen atoms in total. The fourth-order valence-corrected chi connectivity index (χ4v) is 3.51. The summed E-state index contributed by atoms with van der Waals surface area (Å²) in [5.41, 5.74) is 0.658. The maximum Gasteiger partial charge on any atom is 0.314 e. The molecule has 0 saturated heterocycles. The zero-order valence-corrected chi connectivity index (χ0v) is 18.2. The smallest absolute Gasteiger partial charge is 0.314 e. The lowest BCUT2D eigenvalue weighted by atomic mass is 10.1. The number of carbonyl (C=O) groups excluding carboxylic acids is 2. The molecule has 7 heteroatoms. The Bertz CT molecular complexity index is 780. The van der Waals surface area contributed by atoms with Gasteiger partial charge in [-0.05, 0) is 32.1 Å². The van der Waals surface area contributed by atoms with Gasteiger partial charge >= 0.3 is 5.97 Å². The number of likely N-dealkylation sites (N-methyl/N-ethyl adjacent to an activating group) is 1. The first-order chi connectivity index (χ1) is 13.8. The first-order valence-corrected chi connectivity index (χ1v) is 10.4. The zero-order chi connectivity index (χ0) is 21.8. The van der Waals surface area contributed by atoms with E-state index in [2.05, 4.69) is 18.7 Å². The number of ketones is 1. The summed E-state index contributed by atoms with van der Waals surface area (Å²) >= 11 is 1.36. The third-order valence-corrected chi connectivity index (χ3v) is 5.48. The molecule has 1 unspecified atom stereocenters. The molecule has 2 aromatic rings. The Balaban J connectivity index is 0.000000960. The molecular weight excluding hydrogens is 390 g/mol. The van der Waals surface area contributed by atoms with Gasteiger partial charge in [-0.3, -0.25) is 14.4 Å². The SMILES string of the molecule is CC(=O)O.CCN(CC)CCOC(=O)C(C)c1ccc(C(=O)c2ccccc2)s1. The molecule has 1 heterocycles. The van der Waals surface area contributed by atoms with E-state index in [0.29, 0.717) is 17.0 Å². The Morgan fingerprint density at radius 3 is 2.21 bits per heavy atom. The number of esters is 1. The lowest BCUT2D eigenvalue weighted by Crippen LogP contribution is -2.28. The number of carboxylic acid groups (broad SMARTS) is 1. The summed E-state index contributed by atoms with van der Waals surface area (Å²) in [6.45, 7) is 10.1. The number of aliphatic carboxylic acids is 1. The van der Waals surface area contributed by atoms with Gasteiger partial charge in [0.2, 0.25) is 5.78 Å². The Kier molecular flexibility index (Phi) is 10.9. The summed E-state index contributed by atoms with van der Waals surface area (Å²) < 4.78 is 5.39. The Hall–Kier alpha value is -2.51. The molecule has 1 N–H and O–H groups in total. The van der Waals surface area contributed by atoms with Gasteiger partial charge in [-0.1, -0.05) is 44.2 Å². The van der Waals surface area contributed by atoms with Crippen LogP contribution in [0.3, 0.4) is 0 Å². The molecule has 2 rings (SSSR count). The molecule has 158 valence electrons. The van der Waals surface area contributed by atoms with Crippen LogP contribution < -0.4 is 0 Å². The Morgan fingerprint density at radius 1 is 1.07 bits per heavy atom. The van der Waals surface area contributed by atoms with Gasteiger partial charge in [-0.25, -0.2) is 0 Å². The standard InChI is InChI=1S/C20H25NO3S.C2H4O2/c1-4-21(5-2)13-14-24-20(23)15(3)17-11-12-18(25-17)19(22)16-9-7-6-8-10-16;1-2(3)4/h6-12,15H,4-5,13-14H2,1-3H3;1H3,(H,3,4). The third kappa shape index (κ3) is 8.58. The summed E-state index contributed by atoms with van der Waals surface area (Å²) in [4.78, 5) is 37.4. The van der Waals surface area contributed by atoms with Crippen molar-refractivity contribution in [2.75, 3.05) is 26.2 Å². The number of ether oxygens (including phenoxy) is 1. The lowest BCUT2D eigenvalue weighted by Gasteiger charge is -2.18. The third-order valence-electron chi connectivity index (χ3n) is 4.21. The highest BCUT2D eigenvalue weighted by molar-refractivity contribution is 7.14. The van der Waals surface area contributed by atoms with E-state index < -0.39 is 5.97 Å². The van der Waals surface area contributed by atoms with Crippen LogP contribution in [-0.2, 0) is 14.3 Å². The monoisotopic (exact) mass is 419 g/mol. The van der Waals surface area contributed by atoms with Gasteiger partial charge in [0.25, 0.3) is 5.97 Å². The highest BCUT2D eigenvalue weighted by Crippen LogP contribution is 2.27. The molecule has 1 atom stereocenters. The van der Waals surface area contributed by atoms with Crippen LogP contribution in [0.25, 0.3) is 0 Å². The molecule has 0 aliphatic heterocycles. The minimum Gasteiger partial charge on any atom is -0.481 e. The van der Waals surface area contributed by atoms with Gasteiger partial charge in [0.15, 0.2) is 0 Å². The van der Waals surface area contributed by atoms with Crippen molar-refractivity contribution < 1.29 is 24.2 Å². The van der Waals surface area contributed by atoms with Crippen LogP contribution in [0.1, 0.15) is 53.7 Å². The van der Waals surface area contributed by atoms with E-state index in [4.69, 9.17) is 14.6 Å². The number of hydrogen-bond acceptors (Lipinski definition) is 6. The Morgan fingerprint density at radius 2 is 1.66 bits per heavy atom. The zero-order valence-electron chi connectivity index (χ0n) is 17.4. The van der Waals surface area contributed by atoms with Gasteiger partial charge in [-0.2, -0.15) is 0 Å². The number of rotatable bonds is 9. The second-order valence-corrected chi connectivity index (χ2v) is 7.45. The maximum atomic E-state index is 12.5. The van der Waals surface area contributed by atoms with Crippen LogP contribution in [0.5, 0.6) is 0 Å². The van der Waals surface area contributed by atoms with Crippen LogP contribution in [0.2, 0.25) is 0 Å². The van der Waals surface area contributed by atoms with E-state index in [0.717, 1.165) is 31.4 Å². The first-order valence-electron chi connectivity index (χ1n) is 9.58. The van der Waals surface area contributed by atoms with Crippen LogP contribution in [-0.4, -0.2) is 54.0 Å². The molecule has 0 aliphatic carbocycles. The van der Waals surface area contributed by atoms with E-state index in [-0.39, 0.29) is 17.7 Å². The van der Waals surface area contributed by atoms with Gasteiger partial charge in [-0.15, -0.1) is 11.3 Å². The average Bonchev–Trinajstić information content (AvgIpc) is 3.20. The van der Waals surface area contributed by atoms with Crippen molar-refractivity contribution in [1.82, 2.24) is 4.90 Å². The maximum absolute atomic E-state index is 12.5. The number of carboxylic acids is 1. The number of hydrogen-bond donors (Lipinski definition) is 1. The summed E-state index contributed by atoms with van der Waals surface area (Å²) in [5, 5.41) is 7.42. The van der Waals surface area contributed by atoms with Crippen molar-refractivity contribution in [3.05, 3.63) is 57.8 Å². The highest BCUT2D eigenvalue weighted by atomic mass is 32.1. The van der Waals surface area contributed by atoms with Crippen LogP contribution >= 0.6 is 11.3 Å². The first kappa shape index (κ1) is 24.5. The van der Waals surface area contributed by atoms with Crippen molar-refractivity contribution in [3.63, 3.8) is 0 Å². The van der Waals surface area contributed by atoms with E-state index in [1.807, 2.05) is 31.2 Å². The molecule has 0 aliphatic rings. The number of thiophene rings is 1. The number of benzene rings is 1. The molecule has 0 amide bonds. The lowest BCUT2D eigenvalue weighted by molar-refractivity contribution is -0.145. The van der Waals surface area contributed by atoms with Crippen molar-refractivity contribution >= 4 is 29.1 Å². The largest absolute Gasteiger partial charge is 0.481 e. The number of nitrogens with zero attached hydrogens (tertiary/aromatic N) is 1. The van der Waals surface area contributed by atoms with Crippen molar-refractivity contribution in [1.29, 1.82) is 0 Å². The summed E-state index contributed by atoms with van der Waals surface area (Å²) in [6.07, 6.45) is 0. The highest BCUT2D eigenvalue weighted by Gasteiger charge is 2.21. The predicted octanol–water partition coefficient (Wildman–Crippen LogP) is 4.06. The summed E-state index contributed by atoms with van der Waals surface area (Å²) in [6, 6.07) is 12.8. The molecule has 1 aromatic carbocycles. The quantitative estimate of drug-likeness (QED) is 0.487. The van der Waals surface area contributed by atoms with Gasteiger partial charge in [0.05, 0.1) is 10.8 Å². The minimum atomic E-state index is -0.833. The molecule has 0 saturated carbocycles. The molecule has 0 radical (unpaired) electrons. The molecule has 29 heavy (non-hydrogen) atoms. The van der Waals surface area contributed by atoms with Crippen molar-refractivity contribution in [2.24, 2.45) is 0 Å². The normalized spacial score (nSPS) is 11.3. The van der Waals surface area contributed by atoms with E-state index in [1.165, 1.54) is 11.3 Å². The second-order valence-electron chi connectivity index (χ2n) is 6.33. The average molecular weight is 420 g/mol. The van der Waals surface area contributed by atoms with Crippen molar-refractivity contribution in [2.45, 2.75) is 33.6 Å². The topological polar surface area (TPSA) is 83.9 Å². The molecule has 0 bridgehead atoms. The van der Waals surface area contributed by atoms with Crippen LogP contribution in [0.15, 0.2) is 42.5 Å². The van der Waals surface area contributed by atoms with E-state index >= 15 is 0 Å². The molecule has 1 aromatic heterocycles. The fourth-order valence-electron chi connectivity index (χ4n) is 2.50. The van der Waals surface area contributed by atoms with E-state index in [1.54, 1.807) is 18.2 Å². The van der Waals surface area contributed by atoms with Gasteiger partial charge in [0.1, 0.15) is 6.61 Å². The minimum absolute atomic E-state index is 0.0149. The van der Waals surface area contributed by atoms with Crippen molar-refractivity contribution in [3.8, 4) is 0 Å². The molecule has 0 spiro atoms. The second kappa shape index (κ2) is 12.9. The van der Waals surface area contributed by atoms with E-state index in [9.17, 15) is 9.59 Å². The van der Waals surface area contributed by atoms with Gasteiger partial charge in [0, 0.05) is 23.9 Å². The van der Waals surface area contributed by atoms with Crippen LogP contribution in [0.4, 0.5) is 0 Å². The fraction of sp³-hybridized carbons (Fsp3) is 0.409. The molecular formula is C22H29NO5S. The Labute approximate surface area is 176 Å². The molecule has 0 fully saturated rings. The van der Waals surface area contributed by atoms with Crippen LogP contribution in [0, 0.1) is 0 Å². The number of carbonyl (C=O) groups is 3.